The third-order valence-corrected chi connectivity index (χ3v) is 3.81. The number of furan rings is 1. The largest absolute Gasteiger partial charge is 0.464 e. The highest BCUT2D eigenvalue weighted by molar-refractivity contribution is 6.60. The summed E-state index contributed by atoms with van der Waals surface area (Å²) in [6.07, 6.45) is 2.33. The molecule has 0 atom stereocenters. The van der Waals surface area contributed by atoms with Gasteiger partial charge in [-0.2, -0.15) is 0 Å². The van der Waals surface area contributed by atoms with Crippen molar-refractivity contribution in [2.24, 2.45) is 0 Å². The summed E-state index contributed by atoms with van der Waals surface area (Å²) in [5, 5.41) is 0.477. The maximum Gasteiger partial charge on any atom is 0.238 e. The zero-order valence-corrected chi connectivity index (χ0v) is 12.5. The van der Waals surface area contributed by atoms with Gasteiger partial charge in [-0.3, -0.25) is 14.4 Å². The third-order valence-electron chi connectivity index (χ3n) is 3.56. The molecule has 0 N–H and O–H groups in total. The molecule has 0 unspecified atom stereocenters. The number of halogens is 1. The number of fused-ring (bicyclic) bond motifs is 1. The SMILES string of the molecule is [B]C1=C(C=C)C(=O)C(=O)c2c(C(=O)c3ccc(Cl)cc3)coc21. The summed E-state index contributed by atoms with van der Waals surface area (Å²) in [5.74, 6) is -2.09. The molecule has 110 valence electrons. The van der Waals surface area contributed by atoms with E-state index in [1.807, 2.05) is 0 Å². The number of benzene rings is 1. The monoisotopic (exact) mass is 322 g/mol. The van der Waals surface area contributed by atoms with Gasteiger partial charge in [-0.15, -0.1) is 0 Å². The molecule has 0 bridgehead atoms. The molecular weight excluding hydrogens is 314 g/mol. The van der Waals surface area contributed by atoms with E-state index in [-0.39, 0.29) is 27.9 Å². The zero-order chi connectivity index (χ0) is 16.7. The molecule has 1 aliphatic rings. The van der Waals surface area contributed by atoms with Gasteiger partial charge in [-0.25, -0.2) is 0 Å². The fourth-order valence-corrected chi connectivity index (χ4v) is 2.51. The maximum atomic E-state index is 12.6. The molecule has 0 saturated heterocycles. The fraction of sp³-hybridized carbons (Fsp3) is 0. The molecule has 6 heteroatoms. The molecule has 0 saturated carbocycles. The predicted octanol–water partition coefficient (Wildman–Crippen LogP) is 3.00. The normalized spacial score (nSPS) is 14.0. The summed E-state index contributed by atoms with van der Waals surface area (Å²) in [6, 6.07) is 6.15. The molecule has 4 nitrogen and oxygen atoms in total. The highest BCUT2D eigenvalue weighted by Crippen LogP contribution is 2.32. The van der Waals surface area contributed by atoms with E-state index in [0.717, 1.165) is 6.26 Å². The third kappa shape index (κ3) is 2.30. The average molecular weight is 323 g/mol. The molecule has 0 fully saturated rings. The lowest BCUT2D eigenvalue weighted by atomic mass is 9.77. The maximum absolute atomic E-state index is 12.6. The van der Waals surface area contributed by atoms with E-state index < -0.39 is 17.3 Å². The summed E-state index contributed by atoms with van der Waals surface area (Å²) >= 11 is 5.79. The quantitative estimate of drug-likeness (QED) is 0.495. The minimum atomic E-state index is -0.838. The Morgan fingerprint density at radius 2 is 1.83 bits per heavy atom. The number of carbonyl (C=O) groups is 3. The molecular formula is C17H8BClO4. The van der Waals surface area contributed by atoms with Crippen LogP contribution in [0.1, 0.15) is 32.0 Å². The van der Waals surface area contributed by atoms with E-state index in [9.17, 15) is 14.4 Å². The van der Waals surface area contributed by atoms with E-state index in [4.69, 9.17) is 23.9 Å². The number of carbonyl (C=O) groups excluding carboxylic acids is 3. The Labute approximate surface area is 137 Å². The minimum Gasteiger partial charge on any atom is -0.464 e. The van der Waals surface area contributed by atoms with Gasteiger partial charge in [0.2, 0.25) is 11.6 Å². The van der Waals surface area contributed by atoms with E-state index in [0.29, 0.717) is 10.6 Å². The first-order chi connectivity index (χ1) is 11.0. The minimum absolute atomic E-state index is 0.00486. The van der Waals surface area contributed by atoms with Crippen LogP contribution in [0.4, 0.5) is 0 Å². The fourth-order valence-electron chi connectivity index (χ4n) is 2.39. The molecule has 0 aliphatic heterocycles. The zero-order valence-electron chi connectivity index (χ0n) is 11.8. The van der Waals surface area contributed by atoms with Crippen LogP contribution in [0.15, 0.2) is 53.2 Å². The number of allylic oxidation sites excluding steroid dienone is 2. The van der Waals surface area contributed by atoms with Crippen molar-refractivity contribution in [3.05, 3.63) is 76.2 Å². The van der Waals surface area contributed by atoms with E-state index in [1.165, 1.54) is 18.2 Å². The van der Waals surface area contributed by atoms with Crippen LogP contribution < -0.4 is 0 Å². The predicted molar refractivity (Wildman–Crippen MR) is 85.8 cm³/mol. The van der Waals surface area contributed by atoms with Crippen molar-refractivity contribution in [1.29, 1.82) is 0 Å². The molecule has 0 amide bonds. The van der Waals surface area contributed by atoms with Crippen LogP contribution in [0.2, 0.25) is 5.02 Å². The highest BCUT2D eigenvalue weighted by atomic mass is 35.5. The van der Waals surface area contributed by atoms with Gasteiger partial charge in [0.25, 0.3) is 0 Å². The van der Waals surface area contributed by atoms with E-state index in [2.05, 4.69) is 6.58 Å². The molecule has 0 spiro atoms. The number of hydrogen-bond acceptors (Lipinski definition) is 4. The van der Waals surface area contributed by atoms with Gasteiger partial charge in [0.1, 0.15) is 19.9 Å². The molecule has 3 rings (SSSR count). The van der Waals surface area contributed by atoms with Crippen LogP contribution in [0.5, 0.6) is 0 Å². The second-order valence-electron chi connectivity index (χ2n) is 4.88. The number of ketones is 3. The smallest absolute Gasteiger partial charge is 0.238 e. The Bertz CT molecular complexity index is 903. The second-order valence-corrected chi connectivity index (χ2v) is 5.32. The molecule has 23 heavy (non-hydrogen) atoms. The Kier molecular flexibility index (Phi) is 3.66. The van der Waals surface area contributed by atoms with Crippen LogP contribution >= 0.6 is 11.6 Å². The molecule has 1 aromatic carbocycles. The first-order valence-electron chi connectivity index (χ1n) is 6.59. The summed E-state index contributed by atoms with van der Waals surface area (Å²) in [5.41, 5.74) is 0.164. The van der Waals surface area contributed by atoms with Gasteiger partial charge in [-0.1, -0.05) is 24.3 Å². The summed E-state index contributed by atoms with van der Waals surface area (Å²) in [6.45, 7) is 3.46. The Morgan fingerprint density at radius 3 is 2.43 bits per heavy atom. The van der Waals surface area contributed by atoms with E-state index >= 15 is 0 Å². The van der Waals surface area contributed by atoms with Gasteiger partial charge in [0.15, 0.2) is 5.78 Å². The van der Waals surface area contributed by atoms with Crippen molar-refractivity contribution in [1.82, 2.24) is 0 Å². The van der Waals surface area contributed by atoms with Crippen LogP contribution in [0.3, 0.4) is 0 Å². The number of Topliss-reactive ketones (excluding diaryl/α,β-unsaturated/α-hetero) is 2. The highest BCUT2D eigenvalue weighted by Gasteiger charge is 2.36. The Morgan fingerprint density at radius 1 is 1.17 bits per heavy atom. The van der Waals surface area contributed by atoms with Crippen molar-refractivity contribution >= 4 is 42.3 Å². The summed E-state index contributed by atoms with van der Waals surface area (Å²) in [4.78, 5) is 36.9. The lowest BCUT2D eigenvalue weighted by Crippen LogP contribution is -2.24. The van der Waals surface area contributed by atoms with Crippen molar-refractivity contribution in [3.8, 4) is 0 Å². The molecule has 2 aromatic rings. The topological polar surface area (TPSA) is 64.3 Å². The standard InChI is InChI=1S/C17H8BClO4/c1-2-10-13(18)17-12(16(22)15(10)21)11(7-23-17)14(20)8-3-5-9(19)6-4-8/h2-7H,1H2. The van der Waals surface area contributed by atoms with Crippen molar-refractivity contribution < 1.29 is 18.8 Å². The first kappa shape index (κ1) is 15.2. The van der Waals surface area contributed by atoms with E-state index in [1.54, 1.807) is 12.1 Å². The summed E-state index contributed by atoms with van der Waals surface area (Å²) in [7, 11) is 5.84. The van der Waals surface area contributed by atoms with Crippen molar-refractivity contribution in [2.75, 3.05) is 0 Å². The van der Waals surface area contributed by atoms with Gasteiger partial charge in [-0.05, 0) is 29.7 Å². The van der Waals surface area contributed by atoms with Crippen LogP contribution in [0.25, 0.3) is 5.47 Å². The lowest BCUT2D eigenvalue weighted by molar-refractivity contribution is -0.111. The van der Waals surface area contributed by atoms with Gasteiger partial charge in [0.05, 0.1) is 11.1 Å². The summed E-state index contributed by atoms with van der Waals surface area (Å²) < 4.78 is 5.27. The van der Waals surface area contributed by atoms with Gasteiger partial charge < -0.3 is 4.42 Å². The van der Waals surface area contributed by atoms with Gasteiger partial charge in [0, 0.05) is 16.2 Å². The van der Waals surface area contributed by atoms with Crippen molar-refractivity contribution in [3.63, 3.8) is 0 Å². The Hall–Kier alpha value is -2.66. The molecule has 2 radical (unpaired) electrons. The lowest BCUT2D eigenvalue weighted by Gasteiger charge is -2.13. The first-order valence-corrected chi connectivity index (χ1v) is 6.96. The molecule has 1 aliphatic carbocycles. The second kappa shape index (κ2) is 5.52. The van der Waals surface area contributed by atoms with Crippen molar-refractivity contribution in [2.45, 2.75) is 0 Å². The number of rotatable bonds is 3. The van der Waals surface area contributed by atoms with Crippen LogP contribution in [0, 0.1) is 0 Å². The number of hydrogen-bond donors (Lipinski definition) is 0. The van der Waals surface area contributed by atoms with Crippen LogP contribution in [-0.4, -0.2) is 25.2 Å². The Balaban J connectivity index is 2.16. The van der Waals surface area contributed by atoms with Crippen LogP contribution in [-0.2, 0) is 4.79 Å². The average Bonchev–Trinajstić information content (AvgIpc) is 2.98. The molecule has 1 aromatic heterocycles. The molecule has 1 heterocycles. The van der Waals surface area contributed by atoms with Gasteiger partial charge >= 0.3 is 0 Å².